The van der Waals surface area contributed by atoms with Crippen LogP contribution in [0.4, 0.5) is 22.7 Å². The summed E-state index contributed by atoms with van der Waals surface area (Å²) in [4.78, 5) is 38.2. The Bertz CT molecular complexity index is 1700. The molecule has 0 atom stereocenters. The molecular weight excluding hydrogens is 560 g/mol. The lowest BCUT2D eigenvalue weighted by Gasteiger charge is -2.21. The van der Waals surface area contributed by atoms with Crippen LogP contribution in [0.15, 0.2) is 119 Å². The monoisotopic (exact) mass is 590 g/mol. The third-order valence-electron chi connectivity index (χ3n) is 6.33. The van der Waals surface area contributed by atoms with Gasteiger partial charge in [-0.25, -0.2) is 9.59 Å². The van der Waals surface area contributed by atoms with Crippen LogP contribution in [-0.4, -0.2) is 30.0 Å². The molecule has 222 valence electrons. The number of azo groups is 1. The molecule has 0 radical (unpaired) electrons. The van der Waals surface area contributed by atoms with Crippen LogP contribution in [0.1, 0.15) is 25.0 Å². The van der Waals surface area contributed by atoms with Gasteiger partial charge in [0.15, 0.2) is 5.75 Å². The molecule has 0 unspecified atom stereocenters. The quantitative estimate of drug-likeness (QED) is 0.0408. The van der Waals surface area contributed by atoms with Crippen molar-refractivity contribution in [2.45, 2.75) is 13.8 Å². The molecule has 4 aromatic rings. The molecule has 10 nitrogen and oxygen atoms in total. The van der Waals surface area contributed by atoms with E-state index in [-0.39, 0.29) is 22.9 Å². The number of benzene rings is 4. The number of nitro benzene ring substituents is 1. The number of hydrogen-bond donors (Lipinski definition) is 0. The van der Waals surface area contributed by atoms with E-state index in [1.165, 1.54) is 24.3 Å². The number of carbonyl (C=O) groups is 2. The maximum atomic E-state index is 12.7. The van der Waals surface area contributed by atoms with E-state index in [1.807, 2.05) is 68.4 Å². The van der Waals surface area contributed by atoms with Crippen molar-refractivity contribution in [1.82, 2.24) is 0 Å². The second kappa shape index (κ2) is 15.4. The van der Waals surface area contributed by atoms with Crippen LogP contribution in [0.5, 0.6) is 11.5 Å². The predicted octanol–water partition coefficient (Wildman–Crippen LogP) is 8.09. The highest BCUT2D eigenvalue weighted by Crippen LogP contribution is 2.36. The van der Waals surface area contributed by atoms with E-state index in [0.29, 0.717) is 0 Å². The lowest BCUT2D eigenvalue weighted by molar-refractivity contribution is -0.385. The van der Waals surface area contributed by atoms with Gasteiger partial charge in [0, 0.05) is 43.1 Å². The molecule has 0 saturated carbocycles. The average Bonchev–Trinajstić information content (AvgIpc) is 3.04. The van der Waals surface area contributed by atoms with Crippen LogP contribution in [0.2, 0.25) is 0 Å². The number of carbonyl (C=O) groups excluding carboxylic acids is 2. The zero-order valence-corrected chi connectivity index (χ0v) is 24.2. The smallest absolute Gasteiger partial charge is 0.336 e. The third kappa shape index (κ3) is 8.80. The second-order valence-electron chi connectivity index (χ2n) is 9.26. The summed E-state index contributed by atoms with van der Waals surface area (Å²) in [6, 6.07) is 27.4. The summed E-state index contributed by atoms with van der Waals surface area (Å²) < 4.78 is 10.8. The standard InChI is InChI=1S/C34H30N4O6/c1-3-37(4-2)28-18-19-29(32(24-28)44-34(40)22-16-26-13-9-6-10-14-26)36-35-27-17-20-31(30(23-27)38(41)42)43-33(39)21-15-25-11-7-5-8-12-25/h5-24H,3-4H2,1-2H3. The van der Waals surface area contributed by atoms with Gasteiger partial charge in [0.2, 0.25) is 5.75 Å². The van der Waals surface area contributed by atoms with Crippen molar-refractivity contribution in [2.75, 3.05) is 18.0 Å². The van der Waals surface area contributed by atoms with Crippen molar-refractivity contribution < 1.29 is 24.0 Å². The van der Waals surface area contributed by atoms with Gasteiger partial charge in [-0.2, -0.15) is 5.11 Å². The lowest BCUT2D eigenvalue weighted by Crippen LogP contribution is -2.21. The Balaban J connectivity index is 1.56. The van der Waals surface area contributed by atoms with Gasteiger partial charge in [0.05, 0.1) is 10.6 Å². The van der Waals surface area contributed by atoms with Gasteiger partial charge in [-0.1, -0.05) is 60.7 Å². The van der Waals surface area contributed by atoms with E-state index in [0.717, 1.165) is 36.0 Å². The van der Waals surface area contributed by atoms with Crippen LogP contribution in [0, 0.1) is 10.1 Å². The van der Waals surface area contributed by atoms with Crippen LogP contribution in [0.3, 0.4) is 0 Å². The lowest BCUT2D eigenvalue weighted by atomic mass is 10.2. The van der Waals surface area contributed by atoms with Gasteiger partial charge in [-0.3, -0.25) is 10.1 Å². The summed E-state index contributed by atoms with van der Waals surface area (Å²) in [6.45, 7) is 5.50. The molecule has 0 aromatic heterocycles. The van der Waals surface area contributed by atoms with Crippen LogP contribution < -0.4 is 14.4 Å². The molecule has 0 aliphatic heterocycles. The van der Waals surface area contributed by atoms with Crippen LogP contribution in [-0.2, 0) is 9.59 Å². The molecule has 4 aromatic carbocycles. The zero-order valence-electron chi connectivity index (χ0n) is 24.2. The molecule has 0 bridgehead atoms. The van der Waals surface area contributed by atoms with E-state index >= 15 is 0 Å². The van der Waals surface area contributed by atoms with E-state index < -0.39 is 22.5 Å². The van der Waals surface area contributed by atoms with Gasteiger partial charge >= 0.3 is 17.6 Å². The Morgan fingerprint density at radius 3 is 1.86 bits per heavy atom. The Hall–Kier alpha value is -5.90. The SMILES string of the molecule is CCN(CC)c1ccc(N=Nc2ccc(OC(=O)C=Cc3ccccc3)c([N+](=O)[O-])c2)c(OC(=O)C=Cc2ccccc2)c1. The van der Waals surface area contributed by atoms with Crippen molar-refractivity contribution in [3.8, 4) is 11.5 Å². The minimum absolute atomic E-state index is 0.130. The first-order valence-corrected chi connectivity index (χ1v) is 13.8. The fraction of sp³-hybridized carbons (Fsp3) is 0.118. The largest absolute Gasteiger partial charge is 0.421 e. The van der Waals surface area contributed by atoms with Gasteiger partial charge in [-0.15, -0.1) is 5.11 Å². The van der Waals surface area contributed by atoms with E-state index in [4.69, 9.17) is 9.47 Å². The summed E-state index contributed by atoms with van der Waals surface area (Å²) >= 11 is 0. The molecule has 0 aliphatic rings. The number of anilines is 1. The number of rotatable bonds is 12. The number of nitro groups is 1. The first-order chi connectivity index (χ1) is 21.4. The van der Waals surface area contributed by atoms with Crippen molar-refractivity contribution in [3.05, 3.63) is 130 Å². The molecule has 0 saturated heterocycles. The van der Waals surface area contributed by atoms with Gasteiger partial charge in [0.25, 0.3) is 0 Å². The molecule has 0 spiro atoms. The molecule has 0 heterocycles. The number of ether oxygens (including phenoxy) is 2. The second-order valence-corrected chi connectivity index (χ2v) is 9.26. The summed E-state index contributed by atoms with van der Waals surface area (Å²) in [7, 11) is 0. The molecule has 0 N–H and O–H groups in total. The van der Waals surface area contributed by atoms with Crippen molar-refractivity contribution in [1.29, 1.82) is 0 Å². The van der Waals surface area contributed by atoms with Crippen LogP contribution >= 0.6 is 0 Å². The van der Waals surface area contributed by atoms with Gasteiger partial charge in [-0.05, 0) is 61.4 Å². The topological polar surface area (TPSA) is 124 Å². The maximum Gasteiger partial charge on any atom is 0.336 e. The Labute approximate surface area is 254 Å². The fourth-order valence-electron chi connectivity index (χ4n) is 4.10. The fourth-order valence-corrected chi connectivity index (χ4v) is 4.10. The highest BCUT2D eigenvalue weighted by molar-refractivity contribution is 5.90. The van der Waals surface area contributed by atoms with E-state index in [9.17, 15) is 19.7 Å². The average molecular weight is 591 g/mol. The summed E-state index contributed by atoms with van der Waals surface area (Å²) in [5, 5.41) is 20.1. The maximum absolute atomic E-state index is 12.7. The van der Waals surface area contributed by atoms with E-state index in [2.05, 4.69) is 15.1 Å². The molecule has 44 heavy (non-hydrogen) atoms. The first-order valence-electron chi connectivity index (χ1n) is 13.8. The van der Waals surface area contributed by atoms with Gasteiger partial charge < -0.3 is 14.4 Å². The molecule has 0 aliphatic carbocycles. The van der Waals surface area contributed by atoms with Gasteiger partial charge in [0.1, 0.15) is 5.69 Å². The predicted molar refractivity (Wildman–Crippen MR) is 169 cm³/mol. The normalized spacial score (nSPS) is 11.2. The highest BCUT2D eigenvalue weighted by atomic mass is 16.6. The summed E-state index contributed by atoms with van der Waals surface area (Å²) in [5.74, 6) is -1.44. The number of nitrogens with zero attached hydrogens (tertiary/aromatic N) is 4. The number of esters is 2. The molecule has 4 rings (SSSR count). The minimum Gasteiger partial charge on any atom is -0.421 e. The van der Waals surface area contributed by atoms with Crippen molar-refractivity contribution >= 4 is 46.8 Å². The zero-order chi connectivity index (χ0) is 31.3. The molecule has 0 amide bonds. The molecule has 0 fully saturated rings. The van der Waals surface area contributed by atoms with Crippen LogP contribution in [0.25, 0.3) is 12.2 Å². The van der Waals surface area contributed by atoms with E-state index in [1.54, 1.807) is 36.4 Å². The van der Waals surface area contributed by atoms with Crippen molar-refractivity contribution in [2.24, 2.45) is 10.2 Å². The molecular formula is C34H30N4O6. The Morgan fingerprint density at radius 2 is 1.32 bits per heavy atom. The summed E-state index contributed by atoms with van der Waals surface area (Å²) in [6.07, 6.45) is 5.69. The number of hydrogen-bond acceptors (Lipinski definition) is 9. The Morgan fingerprint density at radius 1 is 0.750 bits per heavy atom. The summed E-state index contributed by atoms with van der Waals surface area (Å²) in [5.41, 5.74) is 2.35. The first kappa shape index (κ1) is 31.0. The molecule has 10 heteroatoms. The minimum atomic E-state index is -0.771. The highest BCUT2D eigenvalue weighted by Gasteiger charge is 2.19. The third-order valence-corrected chi connectivity index (χ3v) is 6.33. The van der Waals surface area contributed by atoms with Crippen molar-refractivity contribution in [3.63, 3.8) is 0 Å². The Kier molecular flexibility index (Phi) is 10.8.